The van der Waals surface area contributed by atoms with Gasteiger partial charge in [-0.05, 0) is 54.7 Å². The van der Waals surface area contributed by atoms with Crippen molar-refractivity contribution in [2.75, 3.05) is 0 Å². The Hall–Kier alpha value is -3.75. The summed E-state index contributed by atoms with van der Waals surface area (Å²) in [5.41, 5.74) is 4.83. The molecule has 34 heavy (non-hydrogen) atoms. The van der Waals surface area contributed by atoms with Crippen molar-refractivity contribution in [2.45, 2.75) is 39.5 Å². The van der Waals surface area contributed by atoms with Crippen LogP contribution in [0.3, 0.4) is 0 Å². The summed E-state index contributed by atoms with van der Waals surface area (Å²) in [5, 5.41) is 9.82. The third-order valence-corrected chi connectivity index (χ3v) is 6.14. The Kier molecular flexibility index (Phi) is 7.20. The second-order valence-electron chi connectivity index (χ2n) is 8.17. The van der Waals surface area contributed by atoms with Gasteiger partial charge in [-0.1, -0.05) is 67.4 Å². The van der Waals surface area contributed by atoms with E-state index in [1.165, 1.54) is 4.57 Å². The van der Waals surface area contributed by atoms with Crippen LogP contribution >= 0.6 is 11.6 Å². The normalized spacial score (nSPS) is 10.8. The van der Waals surface area contributed by atoms with E-state index in [1.54, 1.807) is 18.3 Å². The summed E-state index contributed by atoms with van der Waals surface area (Å²) in [6.07, 6.45) is 4.79. The molecule has 6 heteroatoms. The van der Waals surface area contributed by atoms with Gasteiger partial charge in [0, 0.05) is 18.2 Å². The van der Waals surface area contributed by atoms with E-state index in [4.69, 9.17) is 16.6 Å². The molecule has 5 nitrogen and oxygen atoms in total. The minimum Gasteiger partial charge on any atom is -0.268 e. The zero-order chi connectivity index (χ0) is 24.1. The van der Waals surface area contributed by atoms with Crippen LogP contribution in [-0.4, -0.2) is 14.5 Å². The van der Waals surface area contributed by atoms with Crippen molar-refractivity contribution in [3.63, 3.8) is 0 Å². The van der Waals surface area contributed by atoms with Crippen LogP contribution in [0.4, 0.5) is 0 Å². The van der Waals surface area contributed by atoms with Gasteiger partial charge in [0.05, 0.1) is 22.3 Å². The van der Waals surface area contributed by atoms with E-state index in [0.29, 0.717) is 34.2 Å². The number of halogens is 1. The fourth-order valence-electron chi connectivity index (χ4n) is 4.08. The molecule has 0 N–H and O–H groups in total. The number of unbranched alkanes of at least 4 members (excludes halogenated alkanes) is 1. The van der Waals surface area contributed by atoms with Gasteiger partial charge >= 0.3 is 0 Å². The first-order valence-electron chi connectivity index (χ1n) is 11.3. The molecule has 2 aromatic carbocycles. The third kappa shape index (κ3) is 4.78. The number of hydrogen-bond acceptors (Lipinski definition) is 4. The lowest BCUT2D eigenvalue weighted by Gasteiger charge is -2.16. The van der Waals surface area contributed by atoms with Crippen LogP contribution in [-0.2, 0) is 12.8 Å². The molecule has 0 aliphatic heterocycles. The minimum absolute atomic E-state index is 0.141. The van der Waals surface area contributed by atoms with Gasteiger partial charge in [0.1, 0.15) is 5.82 Å². The number of nitrogens with zero attached hydrogens (tertiary/aromatic N) is 4. The quantitative estimate of drug-likeness (QED) is 0.330. The predicted molar refractivity (Wildman–Crippen MR) is 135 cm³/mol. The Morgan fingerprint density at radius 2 is 1.82 bits per heavy atom. The number of rotatable bonds is 7. The maximum absolute atomic E-state index is 13.7. The monoisotopic (exact) mass is 468 g/mol. The van der Waals surface area contributed by atoms with Crippen LogP contribution in [0.25, 0.3) is 16.9 Å². The molecule has 0 bridgehead atoms. The summed E-state index contributed by atoms with van der Waals surface area (Å²) >= 11 is 6.37. The van der Waals surface area contributed by atoms with Crippen molar-refractivity contribution in [3.05, 3.63) is 110 Å². The summed E-state index contributed by atoms with van der Waals surface area (Å²) in [7, 11) is 0. The molecule has 0 aliphatic carbocycles. The molecule has 0 saturated carbocycles. The first-order valence-corrected chi connectivity index (χ1v) is 11.7. The summed E-state index contributed by atoms with van der Waals surface area (Å²) in [6.45, 7) is 3.94. The van der Waals surface area contributed by atoms with E-state index in [-0.39, 0.29) is 5.56 Å². The van der Waals surface area contributed by atoms with E-state index >= 15 is 0 Å². The largest absolute Gasteiger partial charge is 0.268 e. The van der Waals surface area contributed by atoms with E-state index in [0.717, 1.165) is 41.6 Å². The zero-order valence-corrected chi connectivity index (χ0v) is 20.0. The molecule has 0 spiro atoms. The summed E-state index contributed by atoms with van der Waals surface area (Å²) in [4.78, 5) is 22.8. The molecule has 0 fully saturated rings. The second-order valence-corrected chi connectivity index (χ2v) is 8.58. The van der Waals surface area contributed by atoms with Crippen molar-refractivity contribution in [1.82, 2.24) is 14.5 Å². The Morgan fingerprint density at radius 3 is 2.53 bits per heavy atom. The number of hydrogen-bond donors (Lipinski definition) is 0. The zero-order valence-electron chi connectivity index (χ0n) is 19.3. The third-order valence-electron chi connectivity index (χ3n) is 5.84. The van der Waals surface area contributed by atoms with Gasteiger partial charge in [-0.3, -0.25) is 4.79 Å². The molecule has 0 saturated heterocycles. The van der Waals surface area contributed by atoms with E-state index in [1.807, 2.05) is 55.5 Å². The molecule has 0 radical (unpaired) electrons. The van der Waals surface area contributed by atoms with Crippen molar-refractivity contribution in [2.24, 2.45) is 0 Å². The number of pyridine rings is 1. The van der Waals surface area contributed by atoms with Gasteiger partial charge < -0.3 is 0 Å². The van der Waals surface area contributed by atoms with Crippen molar-refractivity contribution >= 4 is 11.6 Å². The van der Waals surface area contributed by atoms with E-state index in [9.17, 15) is 10.1 Å². The summed E-state index contributed by atoms with van der Waals surface area (Å²) < 4.78 is 1.50. The van der Waals surface area contributed by atoms with Gasteiger partial charge in [-0.25, -0.2) is 14.5 Å². The van der Waals surface area contributed by atoms with Crippen LogP contribution in [0.1, 0.15) is 48.0 Å². The predicted octanol–water partition coefficient (Wildman–Crippen LogP) is 6.06. The minimum atomic E-state index is -0.141. The molecule has 0 aliphatic rings. The van der Waals surface area contributed by atoms with Crippen molar-refractivity contribution in [3.8, 4) is 23.0 Å². The maximum Gasteiger partial charge on any atom is 0.263 e. The molecule has 4 aromatic rings. The lowest BCUT2D eigenvalue weighted by molar-refractivity contribution is 0.729. The highest BCUT2D eigenvalue weighted by atomic mass is 35.5. The van der Waals surface area contributed by atoms with Crippen molar-refractivity contribution in [1.29, 1.82) is 5.26 Å². The Balaban J connectivity index is 1.76. The highest BCUT2D eigenvalue weighted by Gasteiger charge is 2.18. The highest BCUT2D eigenvalue weighted by Crippen LogP contribution is 2.25. The van der Waals surface area contributed by atoms with E-state index < -0.39 is 0 Å². The van der Waals surface area contributed by atoms with Crippen LogP contribution in [0.15, 0.2) is 71.7 Å². The summed E-state index contributed by atoms with van der Waals surface area (Å²) in [5.74, 6) is 0.967. The number of aryl methyl sites for hydroxylation is 2. The fraction of sp³-hybridized carbons (Fsp3) is 0.214. The molecule has 0 amide bonds. The molecule has 4 rings (SSSR count). The lowest BCUT2D eigenvalue weighted by Crippen LogP contribution is -2.29. The molecule has 0 unspecified atom stereocenters. The number of aromatic nitrogens is 3. The summed E-state index contributed by atoms with van der Waals surface area (Å²) in [6, 6.07) is 21.2. The first-order chi connectivity index (χ1) is 16.5. The van der Waals surface area contributed by atoms with E-state index in [2.05, 4.69) is 18.0 Å². The second kappa shape index (κ2) is 10.5. The van der Waals surface area contributed by atoms with Gasteiger partial charge in [0.2, 0.25) is 0 Å². The van der Waals surface area contributed by atoms with Gasteiger partial charge in [0.25, 0.3) is 5.56 Å². The van der Waals surface area contributed by atoms with Crippen LogP contribution < -0.4 is 5.56 Å². The average Bonchev–Trinajstić information content (AvgIpc) is 2.86. The molecule has 0 atom stereocenters. The lowest BCUT2D eigenvalue weighted by atomic mass is 9.97. The maximum atomic E-state index is 13.7. The van der Waals surface area contributed by atoms with Crippen LogP contribution in [0, 0.1) is 18.3 Å². The topological polar surface area (TPSA) is 71.6 Å². The van der Waals surface area contributed by atoms with Crippen LogP contribution in [0.2, 0.25) is 5.02 Å². The average molecular weight is 469 g/mol. The highest BCUT2D eigenvalue weighted by molar-refractivity contribution is 6.32. The van der Waals surface area contributed by atoms with Gasteiger partial charge in [0.15, 0.2) is 5.82 Å². The molecule has 2 heterocycles. The molecule has 2 aromatic heterocycles. The number of nitriles is 1. The van der Waals surface area contributed by atoms with Crippen LogP contribution in [0.5, 0.6) is 0 Å². The Labute approximate surface area is 204 Å². The molecular formula is C28H25ClN4O. The Morgan fingerprint density at radius 1 is 1.06 bits per heavy atom. The first kappa shape index (κ1) is 23.4. The smallest absolute Gasteiger partial charge is 0.263 e. The van der Waals surface area contributed by atoms with Crippen molar-refractivity contribution < 1.29 is 0 Å². The standard InChI is InChI=1S/C28H25ClN4O/c1-3-4-11-26-24(28(34)33(19(2)32-26)27-25(29)10-7-16-31-27)17-20-12-14-21(15-13-20)23-9-6-5-8-22(23)18-30/h5-10,12-16H,3-4,11,17H2,1-2H3. The van der Waals surface area contributed by atoms with Gasteiger partial charge in [-0.15, -0.1) is 0 Å². The number of benzene rings is 2. The Bertz CT molecular complexity index is 1420. The molecular weight excluding hydrogens is 444 g/mol. The fourth-order valence-corrected chi connectivity index (χ4v) is 4.28. The van der Waals surface area contributed by atoms with Gasteiger partial charge in [-0.2, -0.15) is 5.26 Å². The molecule has 170 valence electrons. The SMILES string of the molecule is CCCCc1nc(C)n(-c2ncccc2Cl)c(=O)c1Cc1ccc(-c2ccccc2C#N)cc1.